The molecule has 1 N–H and O–H groups in total. The fourth-order valence-electron chi connectivity index (χ4n) is 1.46. The molecule has 0 bridgehead atoms. The van der Waals surface area contributed by atoms with Crippen molar-refractivity contribution in [2.24, 2.45) is 0 Å². The number of aromatic nitrogens is 4. The number of tetrazole rings is 1. The zero-order valence-corrected chi connectivity index (χ0v) is 11.3. The molecular formula is C10H21N5S. The largest absolute Gasteiger partial charge is 0.308 e. The van der Waals surface area contributed by atoms with Crippen LogP contribution >= 0.6 is 11.8 Å². The average Bonchev–Trinajstić information content (AvgIpc) is 2.71. The molecule has 0 radical (unpaired) electrons. The summed E-state index contributed by atoms with van der Waals surface area (Å²) in [7, 11) is 0. The van der Waals surface area contributed by atoms with Crippen molar-refractivity contribution in [3.63, 3.8) is 0 Å². The molecule has 1 heterocycles. The lowest BCUT2D eigenvalue weighted by Crippen LogP contribution is -2.26. The van der Waals surface area contributed by atoms with Crippen LogP contribution in [0.2, 0.25) is 0 Å². The number of rotatable bonds is 7. The first kappa shape index (κ1) is 13.4. The van der Waals surface area contributed by atoms with Crippen LogP contribution in [-0.2, 0) is 6.54 Å². The van der Waals surface area contributed by atoms with Crippen molar-refractivity contribution >= 4 is 11.8 Å². The van der Waals surface area contributed by atoms with Crippen LogP contribution in [0.3, 0.4) is 0 Å². The van der Waals surface area contributed by atoms with Gasteiger partial charge in [0.1, 0.15) is 0 Å². The van der Waals surface area contributed by atoms with Gasteiger partial charge in [0.05, 0.1) is 12.6 Å². The third-order valence-electron chi connectivity index (χ3n) is 2.41. The summed E-state index contributed by atoms with van der Waals surface area (Å²) in [4.78, 5) is 0. The maximum Gasteiger partial charge on any atom is 0.165 e. The number of nitrogens with zero attached hydrogens (tertiary/aromatic N) is 4. The van der Waals surface area contributed by atoms with Crippen LogP contribution in [-0.4, -0.2) is 38.3 Å². The Bertz CT molecular complexity index is 299. The monoisotopic (exact) mass is 243 g/mol. The van der Waals surface area contributed by atoms with Crippen molar-refractivity contribution in [3.8, 4) is 0 Å². The van der Waals surface area contributed by atoms with Gasteiger partial charge in [-0.1, -0.05) is 20.8 Å². The van der Waals surface area contributed by atoms with Gasteiger partial charge in [0, 0.05) is 11.8 Å². The highest BCUT2D eigenvalue weighted by molar-refractivity contribution is 7.98. The fraction of sp³-hybridized carbons (Fsp3) is 0.900. The Labute approximate surface area is 101 Å². The minimum atomic E-state index is 0.397. The predicted octanol–water partition coefficient (Wildman–Crippen LogP) is 1.49. The summed E-state index contributed by atoms with van der Waals surface area (Å²) in [6, 6.07) is 0.847. The second kappa shape index (κ2) is 6.85. The van der Waals surface area contributed by atoms with E-state index in [0.717, 1.165) is 24.5 Å². The highest BCUT2D eigenvalue weighted by Gasteiger charge is 2.14. The first-order chi connectivity index (χ1) is 7.69. The summed E-state index contributed by atoms with van der Waals surface area (Å²) in [5.41, 5.74) is 0. The van der Waals surface area contributed by atoms with E-state index in [1.165, 1.54) is 0 Å². The van der Waals surface area contributed by atoms with Crippen molar-refractivity contribution in [1.29, 1.82) is 0 Å². The van der Waals surface area contributed by atoms with Crippen molar-refractivity contribution in [2.45, 2.75) is 45.8 Å². The Kier molecular flexibility index (Phi) is 5.76. The van der Waals surface area contributed by atoms with Gasteiger partial charge in [-0.25, -0.2) is 4.68 Å². The molecule has 0 spiro atoms. The molecule has 0 amide bonds. The Balaban J connectivity index is 2.67. The predicted molar refractivity (Wildman–Crippen MR) is 67.5 cm³/mol. The van der Waals surface area contributed by atoms with Gasteiger partial charge in [-0.05, 0) is 23.1 Å². The summed E-state index contributed by atoms with van der Waals surface area (Å²) in [6.07, 6.45) is 3.17. The Morgan fingerprint density at radius 1 is 1.44 bits per heavy atom. The van der Waals surface area contributed by atoms with Crippen molar-refractivity contribution in [1.82, 2.24) is 25.5 Å². The van der Waals surface area contributed by atoms with Crippen LogP contribution in [0, 0.1) is 0 Å². The van der Waals surface area contributed by atoms with E-state index in [2.05, 4.69) is 47.9 Å². The Morgan fingerprint density at radius 2 is 2.19 bits per heavy atom. The molecule has 0 aromatic carbocycles. The van der Waals surface area contributed by atoms with Gasteiger partial charge >= 0.3 is 0 Å². The van der Waals surface area contributed by atoms with E-state index in [1.807, 2.05) is 16.4 Å². The van der Waals surface area contributed by atoms with E-state index >= 15 is 0 Å². The van der Waals surface area contributed by atoms with Gasteiger partial charge in [0.25, 0.3) is 0 Å². The average molecular weight is 243 g/mol. The number of nitrogens with one attached hydrogen (secondary N) is 1. The van der Waals surface area contributed by atoms with Crippen LogP contribution in [0.25, 0.3) is 0 Å². The first-order valence-electron chi connectivity index (χ1n) is 5.68. The molecule has 1 aromatic rings. The zero-order valence-electron chi connectivity index (χ0n) is 10.5. The molecule has 0 saturated heterocycles. The van der Waals surface area contributed by atoms with Crippen LogP contribution in [0.5, 0.6) is 0 Å². The number of hydrogen-bond donors (Lipinski definition) is 1. The lowest BCUT2D eigenvalue weighted by Gasteiger charge is -2.16. The quantitative estimate of drug-likeness (QED) is 0.786. The van der Waals surface area contributed by atoms with Gasteiger partial charge < -0.3 is 5.32 Å². The molecule has 92 valence electrons. The molecular weight excluding hydrogens is 222 g/mol. The minimum absolute atomic E-state index is 0.397. The molecule has 5 nitrogen and oxygen atoms in total. The maximum absolute atomic E-state index is 4.09. The number of hydrogen-bond acceptors (Lipinski definition) is 5. The third-order valence-corrected chi connectivity index (χ3v) is 3.12. The smallest absolute Gasteiger partial charge is 0.165 e. The van der Waals surface area contributed by atoms with Crippen LogP contribution < -0.4 is 5.32 Å². The Hall–Kier alpha value is -0.620. The lowest BCUT2D eigenvalue weighted by atomic mass is 10.2. The molecule has 6 heteroatoms. The lowest BCUT2D eigenvalue weighted by molar-refractivity contribution is 0.440. The standard InChI is InChI=1S/C10H21N5S/c1-5-9(7-16-4)15-10(12-13-14-15)6-11-8(2)3/h8-9,11H,5-7H2,1-4H3. The van der Waals surface area contributed by atoms with Gasteiger partial charge in [-0.2, -0.15) is 11.8 Å². The normalized spacial score (nSPS) is 13.3. The minimum Gasteiger partial charge on any atom is -0.308 e. The van der Waals surface area contributed by atoms with E-state index in [9.17, 15) is 0 Å². The van der Waals surface area contributed by atoms with Gasteiger partial charge in [0.2, 0.25) is 0 Å². The van der Waals surface area contributed by atoms with Crippen molar-refractivity contribution in [3.05, 3.63) is 5.82 Å². The second-order valence-corrected chi connectivity index (χ2v) is 5.00. The molecule has 0 fully saturated rings. The second-order valence-electron chi connectivity index (χ2n) is 4.09. The van der Waals surface area contributed by atoms with Crippen LogP contribution in [0.15, 0.2) is 0 Å². The van der Waals surface area contributed by atoms with Gasteiger partial charge in [-0.3, -0.25) is 0 Å². The molecule has 1 atom stereocenters. The first-order valence-corrected chi connectivity index (χ1v) is 7.07. The van der Waals surface area contributed by atoms with E-state index < -0.39 is 0 Å². The summed E-state index contributed by atoms with van der Waals surface area (Å²) in [5.74, 6) is 1.98. The number of thioether (sulfide) groups is 1. The molecule has 1 unspecified atom stereocenters. The third kappa shape index (κ3) is 3.75. The molecule has 16 heavy (non-hydrogen) atoms. The molecule has 0 aliphatic carbocycles. The summed E-state index contributed by atoms with van der Waals surface area (Å²) in [5, 5.41) is 15.3. The van der Waals surface area contributed by atoms with Crippen LogP contribution in [0.4, 0.5) is 0 Å². The molecule has 0 saturated carbocycles. The molecule has 0 aliphatic rings. The van der Waals surface area contributed by atoms with Gasteiger partial charge in [0.15, 0.2) is 5.82 Å². The summed E-state index contributed by atoms with van der Waals surface area (Å²) < 4.78 is 1.95. The Morgan fingerprint density at radius 3 is 2.75 bits per heavy atom. The topological polar surface area (TPSA) is 55.6 Å². The SMILES string of the molecule is CCC(CSC)n1nnnc1CNC(C)C. The van der Waals surface area contributed by atoms with E-state index in [1.54, 1.807) is 0 Å². The molecule has 0 aliphatic heterocycles. The highest BCUT2D eigenvalue weighted by atomic mass is 32.2. The highest BCUT2D eigenvalue weighted by Crippen LogP contribution is 2.16. The van der Waals surface area contributed by atoms with E-state index in [0.29, 0.717) is 12.1 Å². The molecule has 1 rings (SSSR count). The summed E-state index contributed by atoms with van der Waals surface area (Å²) >= 11 is 1.83. The van der Waals surface area contributed by atoms with Gasteiger partial charge in [-0.15, -0.1) is 5.10 Å². The van der Waals surface area contributed by atoms with E-state index in [-0.39, 0.29) is 0 Å². The summed E-state index contributed by atoms with van der Waals surface area (Å²) in [6.45, 7) is 7.14. The van der Waals surface area contributed by atoms with Crippen molar-refractivity contribution < 1.29 is 0 Å². The fourth-order valence-corrected chi connectivity index (χ4v) is 2.22. The van der Waals surface area contributed by atoms with Crippen molar-refractivity contribution in [2.75, 3.05) is 12.0 Å². The van der Waals surface area contributed by atoms with E-state index in [4.69, 9.17) is 0 Å². The maximum atomic E-state index is 4.09. The zero-order chi connectivity index (χ0) is 12.0. The molecule has 1 aromatic heterocycles. The van der Waals surface area contributed by atoms with Crippen LogP contribution in [0.1, 0.15) is 39.1 Å².